The van der Waals surface area contributed by atoms with E-state index in [0.717, 1.165) is 12.5 Å². The Labute approximate surface area is 73.0 Å². The third-order valence-corrected chi connectivity index (χ3v) is 1.27. The minimum Gasteiger partial charge on any atom is -0.512 e. The van der Waals surface area contributed by atoms with Crippen molar-refractivity contribution in [2.75, 3.05) is 6.61 Å². The molecule has 0 unspecified atom stereocenters. The maximum atomic E-state index is 10.8. The molecule has 0 aromatic rings. The van der Waals surface area contributed by atoms with Gasteiger partial charge in [-0.2, -0.15) is 0 Å². The topological polar surface area (TPSA) is 46.5 Å². The van der Waals surface area contributed by atoms with Crippen LogP contribution in [-0.4, -0.2) is 17.7 Å². The third kappa shape index (κ3) is 7.12. The van der Waals surface area contributed by atoms with E-state index in [2.05, 4.69) is 13.8 Å². The summed E-state index contributed by atoms with van der Waals surface area (Å²) in [7, 11) is 0. The lowest BCUT2D eigenvalue weighted by atomic mass is 10.1. The first kappa shape index (κ1) is 11.0. The summed E-state index contributed by atoms with van der Waals surface area (Å²) in [5.74, 6) is 0.0252. The fourth-order valence-electron chi connectivity index (χ4n) is 0.607. The number of rotatable bonds is 4. The molecule has 0 heterocycles. The summed E-state index contributed by atoms with van der Waals surface area (Å²) in [6, 6.07) is 0. The Balaban J connectivity index is 3.52. The molecule has 0 spiro atoms. The fourth-order valence-corrected chi connectivity index (χ4v) is 0.607. The highest BCUT2D eigenvalue weighted by Gasteiger charge is 1.99. The second-order valence-electron chi connectivity index (χ2n) is 3.14. The molecule has 0 bridgehead atoms. The summed E-state index contributed by atoms with van der Waals surface area (Å²) < 4.78 is 4.79. The van der Waals surface area contributed by atoms with Gasteiger partial charge < -0.3 is 9.84 Å². The van der Waals surface area contributed by atoms with Gasteiger partial charge in [-0.25, -0.2) is 4.79 Å². The van der Waals surface area contributed by atoms with Crippen molar-refractivity contribution in [3.8, 4) is 0 Å². The fraction of sp³-hybridized carbons (Fsp3) is 0.667. The van der Waals surface area contributed by atoms with Crippen LogP contribution in [-0.2, 0) is 9.53 Å². The van der Waals surface area contributed by atoms with E-state index >= 15 is 0 Å². The maximum absolute atomic E-state index is 10.8. The number of carbonyl (C=O) groups excluding carboxylic acids is 1. The van der Waals surface area contributed by atoms with Crippen molar-refractivity contribution in [2.45, 2.75) is 27.2 Å². The van der Waals surface area contributed by atoms with Gasteiger partial charge in [-0.3, -0.25) is 0 Å². The van der Waals surface area contributed by atoms with Gasteiger partial charge in [0.25, 0.3) is 0 Å². The second-order valence-corrected chi connectivity index (χ2v) is 3.14. The Hall–Kier alpha value is -0.990. The minimum absolute atomic E-state index is 0.0236. The van der Waals surface area contributed by atoms with Gasteiger partial charge in [-0.05, 0) is 19.3 Å². The lowest BCUT2D eigenvalue weighted by molar-refractivity contribution is -0.138. The van der Waals surface area contributed by atoms with E-state index in [1.807, 2.05) is 0 Å². The van der Waals surface area contributed by atoms with E-state index in [1.54, 1.807) is 0 Å². The molecule has 0 radical (unpaired) electrons. The average Bonchev–Trinajstić information content (AvgIpc) is 1.84. The molecule has 70 valence electrons. The molecule has 0 aromatic carbocycles. The lowest BCUT2D eigenvalue weighted by Gasteiger charge is -2.03. The predicted molar refractivity (Wildman–Crippen MR) is 46.8 cm³/mol. The molecule has 3 nitrogen and oxygen atoms in total. The smallest absolute Gasteiger partial charge is 0.334 e. The van der Waals surface area contributed by atoms with E-state index in [-0.39, 0.29) is 5.76 Å². The minimum atomic E-state index is -0.476. The quantitative estimate of drug-likeness (QED) is 0.401. The molecule has 3 heteroatoms. The highest BCUT2D eigenvalue weighted by molar-refractivity contribution is 5.82. The van der Waals surface area contributed by atoms with E-state index in [0.29, 0.717) is 12.5 Å². The van der Waals surface area contributed by atoms with Crippen molar-refractivity contribution in [1.29, 1.82) is 0 Å². The maximum Gasteiger partial charge on any atom is 0.334 e. The molecular formula is C9H16O3. The van der Waals surface area contributed by atoms with Gasteiger partial charge >= 0.3 is 5.97 Å². The van der Waals surface area contributed by atoms with Crippen molar-refractivity contribution >= 4 is 5.97 Å². The normalized spacial score (nSPS) is 11.8. The van der Waals surface area contributed by atoms with Crippen LogP contribution in [0.3, 0.4) is 0 Å². The molecule has 0 amide bonds. The summed E-state index contributed by atoms with van der Waals surface area (Å²) in [6.07, 6.45) is 1.92. The summed E-state index contributed by atoms with van der Waals surface area (Å²) in [6.45, 7) is 5.96. The molecule has 0 rings (SSSR count). The van der Waals surface area contributed by atoms with Crippen LogP contribution in [0.2, 0.25) is 0 Å². The number of esters is 1. The van der Waals surface area contributed by atoms with Crippen LogP contribution in [0, 0.1) is 5.92 Å². The molecule has 12 heavy (non-hydrogen) atoms. The Bertz CT molecular complexity index is 167. The van der Waals surface area contributed by atoms with E-state index in [1.165, 1.54) is 6.92 Å². The van der Waals surface area contributed by atoms with E-state index in [4.69, 9.17) is 9.84 Å². The Morgan fingerprint density at radius 3 is 2.58 bits per heavy atom. The van der Waals surface area contributed by atoms with Crippen LogP contribution < -0.4 is 0 Å². The monoisotopic (exact) mass is 172 g/mol. The Kier molecular flexibility index (Phi) is 5.17. The van der Waals surface area contributed by atoms with E-state index < -0.39 is 5.97 Å². The number of allylic oxidation sites excluding steroid dienone is 1. The summed E-state index contributed by atoms with van der Waals surface area (Å²) in [5, 5.41) is 8.69. The zero-order chi connectivity index (χ0) is 9.56. The highest BCUT2D eigenvalue weighted by Crippen LogP contribution is 1.99. The SMILES string of the molecule is C/C(O)=C/C(=O)OCCC(C)C. The molecule has 0 aliphatic heterocycles. The van der Waals surface area contributed by atoms with Gasteiger partial charge in [0.1, 0.15) is 0 Å². The number of aliphatic hydroxyl groups excluding tert-OH is 1. The molecule has 1 N–H and O–H groups in total. The zero-order valence-electron chi connectivity index (χ0n) is 7.83. The molecule has 0 aliphatic carbocycles. The number of aliphatic hydroxyl groups is 1. The van der Waals surface area contributed by atoms with Gasteiger partial charge in [-0.1, -0.05) is 13.8 Å². The number of hydrogen-bond donors (Lipinski definition) is 1. The molecular weight excluding hydrogens is 156 g/mol. The number of ether oxygens (including phenoxy) is 1. The highest BCUT2D eigenvalue weighted by atomic mass is 16.5. The molecule has 0 aliphatic rings. The van der Waals surface area contributed by atoms with Crippen LogP contribution in [0.25, 0.3) is 0 Å². The summed E-state index contributed by atoms with van der Waals surface area (Å²) in [5.41, 5.74) is 0. The first-order valence-electron chi connectivity index (χ1n) is 4.06. The van der Waals surface area contributed by atoms with Crippen molar-refractivity contribution in [3.63, 3.8) is 0 Å². The number of hydrogen-bond acceptors (Lipinski definition) is 3. The molecule has 0 atom stereocenters. The second kappa shape index (κ2) is 5.63. The largest absolute Gasteiger partial charge is 0.512 e. The first-order valence-corrected chi connectivity index (χ1v) is 4.06. The van der Waals surface area contributed by atoms with E-state index in [9.17, 15) is 4.79 Å². The lowest BCUT2D eigenvalue weighted by Crippen LogP contribution is -2.05. The first-order chi connectivity index (χ1) is 5.52. The van der Waals surface area contributed by atoms with Crippen LogP contribution in [0.5, 0.6) is 0 Å². The summed E-state index contributed by atoms with van der Waals surface area (Å²) in [4.78, 5) is 10.8. The Morgan fingerprint density at radius 1 is 1.58 bits per heavy atom. The zero-order valence-corrected chi connectivity index (χ0v) is 7.83. The van der Waals surface area contributed by atoms with Crippen LogP contribution in [0.15, 0.2) is 11.8 Å². The van der Waals surface area contributed by atoms with Crippen LogP contribution >= 0.6 is 0 Å². The molecule has 0 saturated heterocycles. The third-order valence-electron chi connectivity index (χ3n) is 1.27. The predicted octanol–water partition coefficient (Wildman–Crippen LogP) is 2.04. The molecule has 0 saturated carbocycles. The van der Waals surface area contributed by atoms with Gasteiger partial charge in [0.05, 0.1) is 18.4 Å². The van der Waals surface area contributed by atoms with Gasteiger partial charge in [0, 0.05) is 0 Å². The van der Waals surface area contributed by atoms with Gasteiger partial charge in [-0.15, -0.1) is 0 Å². The standard InChI is InChI=1S/C9H16O3/c1-7(2)4-5-12-9(11)6-8(3)10/h6-7,10H,4-5H2,1-3H3/b8-6-. The van der Waals surface area contributed by atoms with Crippen molar-refractivity contribution in [3.05, 3.63) is 11.8 Å². The van der Waals surface area contributed by atoms with Crippen LogP contribution in [0.1, 0.15) is 27.2 Å². The van der Waals surface area contributed by atoms with Gasteiger partial charge in [0.2, 0.25) is 0 Å². The van der Waals surface area contributed by atoms with Crippen molar-refractivity contribution < 1.29 is 14.6 Å². The van der Waals surface area contributed by atoms with Gasteiger partial charge in [0.15, 0.2) is 0 Å². The molecule has 0 fully saturated rings. The molecule has 0 aromatic heterocycles. The van der Waals surface area contributed by atoms with Crippen LogP contribution in [0.4, 0.5) is 0 Å². The average molecular weight is 172 g/mol. The van der Waals surface area contributed by atoms with Crippen molar-refractivity contribution in [2.24, 2.45) is 5.92 Å². The summed E-state index contributed by atoms with van der Waals surface area (Å²) >= 11 is 0. The number of carbonyl (C=O) groups is 1. The van der Waals surface area contributed by atoms with Crippen molar-refractivity contribution in [1.82, 2.24) is 0 Å². The Morgan fingerprint density at radius 2 is 2.17 bits per heavy atom.